The van der Waals surface area contributed by atoms with Gasteiger partial charge in [-0.2, -0.15) is 0 Å². The van der Waals surface area contributed by atoms with Crippen molar-refractivity contribution in [3.05, 3.63) is 23.2 Å². The monoisotopic (exact) mass is 220 g/mol. The number of alkyl halides is 1. The molecule has 0 saturated heterocycles. The third-order valence-corrected chi connectivity index (χ3v) is 1.85. The third kappa shape index (κ3) is 2.98. The Morgan fingerprint density at radius 1 is 1.31 bits per heavy atom. The lowest BCUT2D eigenvalue weighted by Gasteiger charge is -2.09. The third-order valence-electron chi connectivity index (χ3n) is 1.46. The Labute approximate surface area is 87.4 Å². The minimum Gasteiger partial charge on any atom is -0.493 e. The molecule has 1 rings (SSSR count). The normalized spacial score (nSPS) is 9.77. The highest BCUT2D eigenvalue weighted by Gasteiger charge is 2.03. The van der Waals surface area contributed by atoms with E-state index in [1.54, 1.807) is 25.3 Å². The lowest BCUT2D eigenvalue weighted by Crippen LogP contribution is -1.99. The molecule has 0 aliphatic rings. The summed E-state index contributed by atoms with van der Waals surface area (Å²) in [5.41, 5.74) is 0. The van der Waals surface area contributed by atoms with Gasteiger partial charge >= 0.3 is 0 Å². The lowest BCUT2D eigenvalue weighted by atomic mass is 10.3. The van der Waals surface area contributed by atoms with E-state index in [1.165, 1.54) is 0 Å². The van der Waals surface area contributed by atoms with Gasteiger partial charge in [0.15, 0.2) is 11.5 Å². The molecular formula is C9H10Cl2O2. The molecule has 13 heavy (non-hydrogen) atoms. The number of hydrogen-bond donors (Lipinski definition) is 0. The van der Waals surface area contributed by atoms with Crippen molar-refractivity contribution in [2.24, 2.45) is 0 Å². The predicted molar refractivity (Wildman–Crippen MR) is 54.2 cm³/mol. The number of methoxy groups -OCH3 is 1. The summed E-state index contributed by atoms with van der Waals surface area (Å²) in [5, 5.41) is 0.620. The summed E-state index contributed by atoms with van der Waals surface area (Å²) in [6, 6.07) is 5.20. The summed E-state index contributed by atoms with van der Waals surface area (Å²) >= 11 is 11.3. The van der Waals surface area contributed by atoms with E-state index in [-0.39, 0.29) is 0 Å². The minimum atomic E-state index is 0.450. The van der Waals surface area contributed by atoms with Crippen molar-refractivity contribution in [3.8, 4) is 11.5 Å². The van der Waals surface area contributed by atoms with Gasteiger partial charge in [0.05, 0.1) is 13.0 Å². The van der Waals surface area contributed by atoms with Gasteiger partial charge in [-0.15, -0.1) is 11.6 Å². The smallest absolute Gasteiger partial charge is 0.162 e. The maximum atomic E-state index is 5.77. The molecule has 0 N–H and O–H groups in total. The molecule has 0 heterocycles. The van der Waals surface area contributed by atoms with Crippen LogP contribution in [-0.4, -0.2) is 19.6 Å². The Kier molecular flexibility index (Phi) is 4.19. The molecule has 0 aromatic heterocycles. The van der Waals surface area contributed by atoms with E-state index < -0.39 is 0 Å². The molecule has 0 aliphatic carbocycles. The molecule has 0 amide bonds. The molecule has 4 heteroatoms. The van der Waals surface area contributed by atoms with Crippen LogP contribution in [0.4, 0.5) is 0 Å². The van der Waals surface area contributed by atoms with Gasteiger partial charge in [0, 0.05) is 11.1 Å². The Morgan fingerprint density at radius 2 is 2.08 bits per heavy atom. The van der Waals surface area contributed by atoms with Crippen molar-refractivity contribution in [1.29, 1.82) is 0 Å². The van der Waals surface area contributed by atoms with Crippen molar-refractivity contribution in [2.45, 2.75) is 0 Å². The average molecular weight is 221 g/mol. The van der Waals surface area contributed by atoms with Gasteiger partial charge in [-0.25, -0.2) is 0 Å². The molecule has 2 nitrogen and oxygen atoms in total. The van der Waals surface area contributed by atoms with E-state index in [0.29, 0.717) is 29.0 Å². The van der Waals surface area contributed by atoms with Crippen molar-refractivity contribution < 1.29 is 9.47 Å². The van der Waals surface area contributed by atoms with Gasteiger partial charge in [0.1, 0.15) is 6.61 Å². The molecule has 0 atom stereocenters. The summed E-state index contributed by atoms with van der Waals surface area (Å²) in [6.07, 6.45) is 0. The van der Waals surface area contributed by atoms with Crippen LogP contribution in [0.5, 0.6) is 11.5 Å². The van der Waals surface area contributed by atoms with Crippen LogP contribution in [0.3, 0.4) is 0 Å². The van der Waals surface area contributed by atoms with Crippen LogP contribution in [0, 0.1) is 0 Å². The maximum Gasteiger partial charge on any atom is 0.162 e. The lowest BCUT2D eigenvalue weighted by molar-refractivity contribution is 0.313. The SMILES string of the molecule is COc1cc(Cl)ccc1OCCCl. The second-order valence-electron chi connectivity index (χ2n) is 2.33. The van der Waals surface area contributed by atoms with Gasteiger partial charge in [0.25, 0.3) is 0 Å². The number of halogens is 2. The van der Waals surface area contributed by atoms with Crippen LogP contribution in [0.1, 0.15) is 0 Å². The Bertz CT molecular complexity index is 276. The topological polar surface area (TPSA) is 18.5 Å². The molecule has 72 valence electrons. The Balaban J connectivity index is 2.79. The zero-order valence-corrected chi connectivity index (χ0v) is 8.73. The highest BCUT2D eigenvalue weighted by molar-refractivity contribution is 6.30. The predicted octanol–water partition coefficient (Wildman–Crippen LogP) is 2.97. The number of benzene rings is 1. The number of ether oxygens (including phenoxy) is 2. The Hall–Kier alpha value is -0.600. The Morgan fingerprint density at radius 3 is 2.69 bits per heavy atom. The molecule has 0 bridgehead atoms. The first-order valence-corrected chi connectivity index (χ1v) is 4.71. The zero-order chi connectivity index (χ0) is 9.68. The summed E-state index contributed by atoms with van der Waals surface area (Å²) in [7, 11) is 1.57. The second kappa shape index (κ2) is 5.20. The van der Waals surface area contributed by atoms with Crippen molar-refractivity contribution in [2.75, 3.05) is 19.6 Å². The summed E-state index contributed by atoms with van der Waals surface area (Å²) in [6.45, 7) is 0.458. The molecule has 0 spiro atoms. The van der Waals surface area contributed by atoms with Crippen LogP contribution in [0.15, 0.2) is 18.2 Å². The minimum absolute atomic E-state index is 0.450. The average Bonchev–Trinajstić information content (AvgIpc) is 2.16. The maximum absolute atomic E-state index is 5.77. The first-order valence-electron chi connectivity index (χ1n) is 3.80. The van der Waals surface area contributed by atoms with Crippen LogP contribution < -0.4 is 9.47 Å². The van der Waals surface area contributed by atoms with Crippen LogP contribution in [-0.2, 0) is 0 Å². The summed E-state index contributed by atoms with van der Waals surface area (Å²) < 4.78 is 10.4. The summed E-state index contributed by atoms with van der Waals surface area (Å²) in [4.78, 5) is 0. The van der Waals surface area contributed by atoms with Crippen LogP contribution in [0.2, 0.25) is 5.02 Å². The molecule has 1 aromatic rings. The van der Waals surface area contributed by atoms with Crippen molar-refractivity contribution in [1.82, 2.24) is 0 Å². The van der Waals surface area contributed by atoms with E-state index in [1.807, 2.05) is 0 Å². The van der Waals surface area contributed by atoms with Crippen molar-refractivity contribution >= 4 is 23.2 Å². The van der Waals surface area contributed by atoms with Gasteiger partial charge in [-0.1, -0.05) is 11.6 Å². The van der Waals surface area contributed by atoms with E-state index in [2.05, 4.69) is 0 Å². The fourth-order valence-corrected chi connectivity index (χ4v) is 1.15. The first kappa shape index (κ1) is 10.5. The van der Waals surface area contributed by atoms with E-state index >= 15 is 0 Å². The molecule has 0 saturated carbocycles. The first-order chi connectivity index (χ1) is 6.27. The zero-order valence-electron chi connectivity index (χ0n) is 7.22. The number of rotatable bonds is 4. The van der Waals surface area contributed by atoms with E-state index in [9.17, 15) is 0 Å². The van der Waals surface area contributed by atoms with Gasteiger partial charge < -0.3 is 9.47 Å². The molecule has 0 unspecified atom stereocenters. The van der Waals surface area contributed by atoms with Gasteiger partial charge in [-0.05, 0) is 12.1 Å². The van der Waals surface area contributed by atoms with Gasteiger partial charge in [0.2, 0.25) is 0 Å². The molecule has 0 radical (unpaired) electrons. The largest absolute Gasteiger partial charge is 0.493 e. The quantitative estimate of drug-likeness (QED) is 0.727. The van der Waals surface area contributed by atoms with Crippen LogP contribution in [0.25, 0.3) is 0 Å². The highest BCUT2D eigenvalue weighted by atomic mass is 35.5. The summed E-state index contributed by atoms with van der Waals surface area (Å²) in [5.74, 6) is 1.73. The van der Waals surface area contributed by atoms with E-state index in [0.717, 1.165) is 0 Å². The molecule has 0 aliphatic heterocycles. The fraction of sp³-hybridized carbons (Fsp3) is 0.333. The second-order valence-corrected chi connectivity index (χ2v) is 3.15. The molecular weight excluding hydrogens is 211 g/mol. The standard InChI is InChI=1S/C9H10Cl2O2/c1-12-9-6-7(11)2-3-8(9)13-5-4-10/h2-3,6H,4-5H2,1H3. The van der Waals surface area contributed by atoms with Crippen molar-refractivity contribution in [3.63, 3.8) is 0 Å². The molecule has 1 aromatic carbocycles. The number of hydrogen-bond acceptors (Lipinski definition) is 2. The van der Waals surface area contributed by atoms with E-state index in [4.69, 9.17) is 32.7 Å². The molecule has 0 fully saturated rings. The van der Waals surface area contributed by atoms with Crippen LogP contribution >= 0.6 is 23.2 Å². The van der Waals surface area contributed by atoms with Gasteiger partial charge in [-0.3, -0.25) is 0 Å². The highest BCUT2D eigenvalue weighted by Crippen LogP contribution is 2.29. The fourth-order valence-electron chi connectivity index (χ4n) is 0.909.